The Balaban J connectivity index is 2.55. The first-order valence-electron chi connectivity index (χ1n) is 5.78. The summed E-state index contributed by atoms with van der Waals surface area (Å²) in [6.45, 7) is 1.38. The maximum absolute atomic E-state index is 12.0. The number of aryl methyl sites for hydroxylation is 1. The number of ether oxygens (including phenoxy) is 1. The van der Waals surface area contributed by atoms with Crippen LogP contribution < -0.4 is 5.32 Å². The van der Waals surface area contributed by atoms with Crippen LogP contribution in [0.4, 0.5) is 13.2 Å². The molecule has 0 saturated carbocycles. The van der Waals surface area contributed by atoms with Crippen molar-refractivity contribution in [2.24, 2.45) is 7.05 Å². The molecule has 1 aromatic rings. The zero-order chi connectivity index (χ0) is 14.5. The van der Waals surface area contributed by atoms with Crippen molar-refractivity contribution >= 4 is 15.9 Å². The van der Waals surface area contributed by atoms with Crippen molar-refractivity contribution in [2.45, 2.75) is 25.6 Å². The van der Waals surface area contributed by atoms with E-state index in [4.69, 9.17) is 0 Å². The first kappa shape index (κ1) is 16.4. The molecule has 1 N–H and O–H groups in total. The van der Waals surface area contributed by atoms with E-state index in [0.717, 1.165) is 5.69 Å². The molecule has 0 aromatic carbocycles. The molecule has 0 radical (unpaired) electrons. The molecule has 19 heavy (non-hydrogen) atoms. The van der Waals surface area contributed by atoms with Crippen LogP contribution in [-0.4, -0.2) is 40.9 Å². The van der Waals surface area contributed by atoms with E-state index >= 15 is 0 Å². The Kier molecular flexibility index (Phi) is 6.21. The van der Waals surface area contributed by atoms with Crippen LogP contribution in [0.5, 0.6) is 0 Å². The molecular weight excluding hydrogens is 329 g/mol. The lowest BCUT2D eigenvalue weighted by molar-refractivity contribution is -0.174. The van der Waals surface area contributed by atoms with Gasteiger partial charge in [-0.2, -0.15) is 13.2 Å². The smallest absolute Gasteiger partial charge is 0.372 e. The first-order chi connectivity index (χ1) is 8.85. The number of nitrogens with zero attached hydrogens (tertiary/aromatic N) is 3. The van der Waals surface area contributed by atoms with Gasteiger partial charge < -0.3 is 10.1 Å². The molecule has 5 nitrogen and oxygen atoms in total. The number of aromatic nitrogens is 3. The Labute approximate surface area is 117 Å². The number of alkyl halides is 3. The van der Waals surface area contributed by atoms with Gasteiger partial charge in [0.1, 0.15) is 6.61 Å². The highest BCUT2D eigenvalue weighted by Gasteiger charge is 2.27. The topological polar surface area (TPSA) is 52.0 Å². The monoisotopic (exact) mass is 344 g/mol. The van der Waals surface area contributed by atoms with Crippen LogP contribution in [0, 0.1) is 0 Å². The van der Waals surface area contributed by atoms with Gasteiger partial charge in [0.25, 0.3) is 0 Å². The van der Waals surface area contributed by atoms with Gasteiger partial charge in [0.05, 0.1) is 11.7 Å². The summed E-state index contributed by atoms with van der Waals surface area (Å²) in [6.07, 6.45) is -3.88. The fourth-order valence-corrected chi connectivity index (χ4v) is 2.28. The van der Waals surface area contributed by atoms with E-state index in [1.807, 2.05) is 6.92 Å². The molecule has 0 spiro atoms. The summed E-state index contributed by atoms with van der Waals surface area (Å²) >= 11 is 3.27. The van der Waals surface area contributed by atoms with Gasteiger partial charge in [-0.1, -0.05) is 12.1 Å². The van der Waals surface area contributed by atoms with E-state index in [-0.39, 0.29) is 12.6 Å². The Hall–Kier alpha value is -0.670. The van der Waals surface area contributed by atoms with Crippen molar-refractivity contribution in [1.82, 2.24) is 20.3 Å². The third-order valence-corrected chi connectivity index (χ3v) is 2.99. The lowest BCUT2D eigenvalue weighted by Crippen LogP contribution is -2.26. The van der Waals surface area contributed by atoms with Gasteiger partial charge in [-0.15, -0.1) is 5.10 Å². The second-order valence-corrected chi connectivity index (χ2v) is 4.71. The van der Waals surface area contributed by atoms with Crippen molar-refractivity contribution in [3.8, 4) is 0 Å². The number of hydrogen-bond acceptors (Lipinski definition) is 4. The van der Waals surface area contributed by atoms with Crippen molar-refractivity contribution in [3.05, 3.63) is 10.3 Å². The molecule has 0 aliphatic heterocycles. The molecule has 0 aliphatic carbocycles. The van der Waals surface area contributed by atoms with E-state index in [9.17, 15) is 13.2 Å². The van der Waals surface area contributed by atoms with Gasteiger partial charge in [0.15, 0.2) is 4.60 Å². The van der Waals surface area contributed by atoms with Gasteiger partial charge in [0.2, 0.25) is 0 Å². The highest BCUT2D eigenvalue weighted by atomic mass is 79.9. The average molecular weight is 345 g/mol. The highest BCUT2D eigenvalue weighted by molar-refractivity contribution is 9.10. The van der Waals surface area contributed by atoms with Crippen molar-refractivity contribution in [1.29, 1.82) is 0 Å². The standard InChI is InChI=1S/C10H16BrF3N4O/c1-3-15-7(4-5-19-6-10(12,13)14)8-9(11)16-17-18(8)2/h7,15H,3-6H2,1-2H3. The van der Waals surface area contributed by atoms with Crippen LogP contribution in [0.1, 0.15) is 25.1 Å². The van der Waals surface area contributed by atoms with Gasteiger partial charge >= 0.3 is 6.18 Å². The SMILES string of the molecule is CCNC(CCOCC(F)(F)F)c1c(Br)nnn1C. The predicted octanol–water partition coefficient (Wildman–Crippen LogP) is 2.20. The third-order valence-electron chi connectivity index (χ3n) is 2.42. The normalized spacial score (nSPS) is 13.8. The zero-order valence-corrected chi connectivity index (χ0v) is 12.3. The summed E-state index contributed by atoms with van der Waals surface area (Å²) < 4.78 is 42.7. The van der Waals surface area contributed by atoms with E-state index in [1.165, 1.54) is 0 Å². The predicted molar refractivity (Wildman–Crippen MR) is 66.6 cm³/mol. The summed E-state index contributed by atoms with van der Waals surface area (Å²) in [4.78, 5) is 0. The molecule has 1 rings (SSSR count). The minimum Gasteiger partial charge on any atom is -0.372 e. The van der Waals surface area contributed by atoms with Crippen LogP contribution in [0.15, 0.2) is 4.60 Å². The van der Waals surface area contributed by atoms with Crippen molar-refractivity contribution < 1.29 is 17.9 Å². The minimum absolute atomic E-state index is 0.00873. The Bertz CT molecular complexity index is 377. The fourth-order valence-electron chi connectivity index (χ4n) is 1.68. The molecule has 1 aromatic heterocycles. The molecule has 0 fully saturated rings. The van der Waals surface area contributed by atoms with Crippen LogP contribution in [-0.2, 0) is 11.8 Å². The number of nitrogens with one attached hydrogen (secondary N) is 1. The van der Waals surface area contributed by atoms with Crippen molar-refractivity contribution in [3.63, 3.8) is 0 Å². The molecule has 9 heteroatoms. The average Bonchev–Trinajstić information content (AvgIpc) is 2.62. The molecule has 0 saturated heterocycles. The summed E-state index contributed by atoms with van der Waals surface area (Å²) in [5.41, 5.74) is 0.789. The second kappa shape index (κ2) is 7.20. The van der Waals surface area contributed by atoms with Crippen LogP contribution in [0.25, 0.3) is 0 Å². The molecule has 0 aliphatic rings. The molecule has 0 bridgehead atoms. The largest absolute Gasteiger partial charge is 0.411 e. The molecular formula is C10H16BrF3N4O. The quantitative estimate of drug-likeness (QED) is 0.770. The number of rotatable bonds is 7. The lowest BCUT2D eigenvalue weighted by Gasteiger charge is -2.18. The Morgan fingerprint density at radius 3 is 2.63 bits per heavy atom. The second-order valence-electron chi connectivity index (χ2n) is 3.96. The first-order valence-corrected chi connectivity index (χ1v) is 6.57. The number of hydrogen-bond donors (Lipinski definition) is 1. The summed E-state index contributed by atoms with van der Waals surface area (Å²) in [5, 5.41) is 10.9. The Morgan fingerprint density at radius 1 is 1.47 bits per heavy atom. The summed E-state index contributed by atoms with van der Waals surface area (Å²) in [5.74, 6) is 0. The molecule has 110 valence electrons. The maximum atomic E-state index is 12.0. The number of halogens is 4. The van der Waals surface area contributed by atoms with Gasteiger partial charge in [-0.05, 0) is 28.9 Å². The molecule has 1 heterocycles. The zero-order valence-electron chi connectivity index (χ0n) is 10.7. The summed E-state index contributed by atoms with van der Waals surface area (Å²) in [6, 6.07) is -0.160. The molecule has 1 atom stereocenters. The highest BCUT2D eigenvalue weighted by Crippen LogP contribution is 2.23. The van der Waals surface area contributed by atoms with Gasteiger partial charge in [0, 0.05) is 13.7 Å². The van der Waals surface area contributed by atoms with Gasteiger partial charge in [-0.25, -0.2) is 4.68 Å². The lowest BCUT2D eigenvalue weighted by atomic mass is 10.1. The molecule has 1 unspecified atom stereocenters. The van der Waals surface area contributed by atoms with Crippen LogP contribution >= 0.6 is 15.9 Å². The third kappa shape index (κ3) is 5.45. The van der Waals surface area contributed by atoms with E-state index in [0.29, 0.717) is 17.6 Å². The molecule has 0 amide bonds. The fraction of sp³-hybridized carbons (Fsp3) is 0.800. The van der Waals surface area contributed by atoms with E-state index in [2.05, 4.69) is 36.3 Å². The van der Waals surface area contributed by atoms with E-state index < -0.39 is 12.8 Å². The summed E-state index contributed by atoms with van der Waals surface area (Å²) in [7, 11) is 1.73. The van der Waals surface area contributed by atoms with Crippen LogP contribution in [0.2, 0.25) is 0 Å². The van der Waals surface area contributed by atoms with Crippen molar-refractivity contribution in [2.75, 3.05) is 19.8 Å². The van der Waals surface area contributed by atoms with Gasteiger partial charge in [-0.3, -0.25) is 0 Å². The minimum atomic E-state index is -4.29. The maximum Gasteiger partial charge on any atom is 0.411 e. The van der Waals surface area contributed by atoms with Crippen LogP contribution in [0.3, 0.4) is 0 Å². The van der Waals surface area contributed by atoms with E-state index in [1.54, 1.807) is 11.7 Å². The Morgan fingerprint density at radius 2 is 2.16 bits per heavy atom.